The van der Waals surface area contributed by atoms with E-state index in [0.29, 0.717) is 6.61 Å². The molecule has 0 atom stereocenters. The van der Waals surface area contributed by atoms with Crippen molar-refractivity contribution in [3.8, 4) is 23.3 Å². The Morgan fingerprint density at radius 1 is 1.11 bits per heavy atom. The molecule has 0 amide bonds. The van der Waals surface area contributed by atoms with Crippen molar-refractivity contribution < 1.29 is 9.47 Å². The summed E-state index contributed by atoms with van der Waals surface area (Å²) in [7, 11) is 1.65. The number of hydrogen-bond acceptors (Lipinski definition) is 3. The van der Waals surface area contributed by atoms with Crippen molar-refractivity contribution >= 4 is 0 Å². The number of methoxy groups -OCH3 is 1. The second kappa shape index (κ2) is 9.29. The van der Waals surface area contributed by atoms with Crippen LogP contribution >= 0.6 is 0 Å². The molecule has 1 rings (SSSR count). The van der Waals surface area contributed by atoms with E-state index in [9.17, 15) is 0 Å². The van der Waals surface area contributed by atoms with E-state index in [1.807, 2.05) is 24.3 Å². The summed E-state index contributed by atoms with van der Waals surface area (Å²) in [6.45, 7) is 7.84. The van der Waals surface area contributed by atoms with Crippen LogP contribution in [0.1, 0.15) is 20.3 Å². The first kappa shape index (κ1) is 15.4. The van der Waals surface area contributed by atoms with E-state index < -0.39 is 0 Å². The van der Waals surface area contributed by atoms with E-state index in [2.05, 4.69) is 30.6 Å². The monoisotopic (exact) mass is 261 g/mol. The van der Waals surface area contributed by atoms with Crippen LogP contribution < -0.4 is 9.47 Å². The fraction of sp³-hybridized carbons (Fsp3) is 0.500. The lowest BCUT2D eigenvalue weighted by Crippen LogP contribution is -2.22. The van der Waals surface area contributed by atoms with E-state index in [1.165, 1.54) is 0 Å². The predicted molar refractivity (Wildman–Crippen MR) is 78.7 cm³/mol. The first-order valence-corrected chi connectivity index (χ1v) is 6.75. The minimum Gasteiger partial charge on any atom is -0.497 e. The van der Waals surface area contributed by atoms with Crippen LogP contribution in [0.5, 0.6) is 11.5 Å². The van der Waals surface area contributed by atoms with Crippen LogP contribution in [0, 0.1) is 11.8 Å². The van der Waals surface area contributed by atoms with E-state index in [1.54, 1.807) is 7.11 Å². The SMILES string of the molecule is CCN(CC)CC#CCCOc1cccc(OC)c1. The molecule has 104 valence electrons. The van der Waals surface area contributed by atoms with Gasteiger partial charge in [0.2, 0.25) is 0 Å². The Morgan fingerprint density at radius 3 is 2.53 bits per heavy atom. The fourth-order valence-corrected chi connectivity index (χ4v) is 1.61. The Kier molecular flexibility index (Phi) is 7.53. The Balaban J connectivity index is 2.25. The van der Waals surface area contributed by atoms with E-state index >= 15 is 0 Å². The van der Waals surface area contributed by atoms with Gasteiger partial charge in [-0.3, -0.25) is 4.90 Å². The Labute approximate surface area is 116 Å². The highest BCUT2D eigenvalue weighted by Crippen LogP contribution is 2.18. The maximum absolute atomic E-state index is 5.61. The van der Waals surface area contributed by atoms with Crippen LogP contribution in [0.25, 0.3) is 0 Å². The smallest absolute Gasteiger partial charge is 0.123 e. The largest absolute Gasteiger partial charge is 0.497 e. The molecule has 3 nitrogen and oxygen atoms in total. The van der Waals surface area contributed by atoms with E-state index in [-0.39, 0.29) is 0 Å². The molecule has 0 N–H and O–H groups in total. The molecule has 0 saturated heterocycles. The molecule has 0 aliphatic rings. The highest BCUT2D eigenvalue weighted by molar-refractivity contribution is 5.32. The second-order valence-electron chi connectivity index (χ2n) is 4.09. The van der Waals surface area contributed by atoms with Crippen molar-refractivity contribution in [2.24, 2.45) is 0 Å². The molecule has 0 fully saturated rings. The summed E-state index contributed by atoms with van der Waals surface area (Å²) in [4.78, 5) is 2.29. The number of benzene rings is 1. The third-order valence-electron chi connectivity index (χ3n) is 2.86. The summed E-state index contributed by atoms with van der Waals surface area (Å²) in [5.41, 5.74) is 0. The lowest BCUT2D eigenvalue weighted by molar-refractivity contribution is 0.323. The van der Waals surface area contributed by atoms with Gasteiger partial charge in [-0.05, 0) is 25.2 Å². The van der Waals surface area contributed by atoms with E-state index in [0.717, 1.165) is 37.6 Å². The molecule has 0 aromatic heterocycles. The number of ether oxygens (including phenoxy) is 2. The fourth-order valence-electron chi connectivity index (χ4n) is 1.61. The van der Waals surface area contributed by atoms with E-state index in [4.69, 9.17) is 9.47 Å². The van der Waals surface area contributed by atoms with Gasteiger partial charge in [-0.25, -0.2) is 0 Å². The summed E-state index contributed by atoms with van der Waals surface area (Å²) in [5, 5.41) is 0. The summed E-state index contributed by atoms with van der Waals surface area (Å²) in [6, 6.07) is 7.62. The molecule has 0 heterocycles. The first-order valence-electron chi connectivity index (χ1n) is 6.75. The van der Waals surface area contributed by atoms with Crippen molar-refractivity contribution in [3.05, 3.63) is 24.3 Å². The van der Waals surface area contributed by atoms with Crippen molar-refractivity contribution in [1.29, 1.82) is 0 Å². The quantitative estimate of drug-likeness (QED) is 0.556. The third kappa shape index (κ3) is 6.17. The highest BCUT2D eigenvalue weighted by atomic mass is 16.5. The van der Waals surface area contributed by atoms with Crippen LogP contribution in [-0.2, 0) is 0 Å². The van der Waals surface area contributed by atoms with Crippen LogP contribution in [-0.4, -0.2) is 38.3 Å². The van der Waals surface area contributed by atoms with Crippen LogP contribution in [0.2, 0.25) is 0 Å². The van der Waals surface area contributed by atoms with Gasteiger partial charge in [-0.15, -0.1) is 0 Å². The lowest BCUT2D eigenvalue weighted by Gasteiger charge is -2.13. The van der Waals surface area contributed by atoms with Gasteiger partial charge >= 0.3 is 0 Å². The minimum absolute atomic E-state index is 0.610. The van der Waals surface area contributed by atoms with Gasteiger partial charge < -0.3 is 9.47 Å². The molecule has 0 spiro atoms. The zero-order valence-electron chi connectivity index (χ0n) is 12.1. The normalized spacial score (nSPS) is 9.89. The van der Waals surface area contributed by atoms with Gasteiger partial charge in [0.25, 0.3) is 0 Å². The minimum atomic E-state index is 0.610. The highest BCUT2D eigenvalue weighted by Gasteiger charge is 1.96. The molecular weight excluding hydrogens is 238 g/mol. The molecule has 0 aliphatic carbocycles. The molecule has 1 aromatic carbocycles. The Bertz CT molecular complexity index is 416. The molecule has 0 radical (unpaired) electrons. The van der Waals surface area contributed by atoms with Crippen molar-refractivity contribution in [3.63, 3.8) is 0 Å². The second-order valence-corrected chi connectivity index (χ2v) is 4.09. The predicted octanol–water partition coefficient (Wildman–Crippen LogP) is 2.81. The van der Waals surface area contributed by atoms with Gasteiger partial charge in [0.05, 0.1) is 20.3 Å². The molecule has 0 unspecified atom stereocenters. The molecule has 0 saturated carbocycles. The van der Waals surface area contributed by atoms with Crippen LogP contribution in [0.3, 0.4) is 0 Å². The maximum Gasteiger partial charge on any atom is 0.123 e. The molecule has 3 heteroatoms. The van der Waals surface area contributed by atoms with Gasteiger partial charge in [0.1, 0.15) is 11.5 Å². The number of hydrogen-bond donors (Lipinski definition) is 0. The standard InChI is InChI=1S/C16H23NO2/c1-4-17(5-2)12-7-6-8-13-19-16-11-9-10-15(14-16)18-3/h9-11,14H,4-5,8,12-13H2,1-3H3. The first-order chi connectivity index (χ1) is 9.30. The molecule has 1 aromatic rings. The van der Waals surface area contributed by atoms with Crippen molar-refractivity contribution in [2.75, 3.05) is 33.4 Å². The number of rotatable bonds is 7. The average molecular weight is 261 g/mol. The number of nitrogens with zero attached hydrogens (tertiary/aromatic N) is 1. The van der Waals surface area contributed by atoms with Gasteiger partial charge in [-0.1, -0.05) is 31.8 Å². The third-order valence-corrected chi connectivity index (χ3v) is 2.86. The molecule has 19 heavy (non-hydrogen) atoms. The van der Waals surface area contributed by atoms with Gasteiger partial charge in [0, 0.05) is 12.5 Å². The van der Waals surface area contributed by atoms with Crippen molar-refractivity contribution in [1.82, 2.24) is 4.90 Å². The zero-order valence-corrected chi connectivity index (χ0v) is 12.1. The van der Waals surface area contributed by atoms with Crippen LogP contribution in [0.15, 0.2) is 24.3 Å². The summed E-state index contributed by atoms with van der Waals surface area (Å²) in [6.07, 6.45) is 0.748. The maximum atomic E-state index is 5.61. The Hall–Kier alpha value is -1.66. The zero-order chi connectivity index (χ0) is 13.9. The topological polar surface area (TPSA) is 21.7 Å². The Morgan fingerprint density at radius 2 is 1.84 bits per heavy atom. The lowest BCUT2D eigenvalue weighted by atomic mass is 10.3. The summed E-state index contributed by atoms with van der Waals surface area (Å²) >= 11 is 0. The summed E-state index contributed by atoms with van der Waals surface area (Å²) < 4.78 is 10.7. The van der Waals surface area contributed by atoms with Crippen LogP contribution in [0.4, 0.5) is 0 Å². The average Bonchev–Trinajstić information content (AvgIpc) is 2.47. The van der Waals surface area contributed by atoms with Gasteiger partial charge in [0.15, 0.2) is 0 Å². The van der Waals surface area contributed by atoms with Gasteiger partial charge in [-0.2, -0.15) is 0 Å². The molecule has 0 aliphatic heterocycles. The molecular formula is C16H23NO2. The summed E-state index contributed by atoms with van der Waals surface area (Å²) in [5.74, 6) is 7.94. The van der Waals surface area contributed by atoms with Crippen molar-refractivity contribution in [2.45, 2.75) is 20.3 Å². The molecule has 0 bridgehead atoms.